The van der Waals surface area contributed by atoms with Gasteiger partial charge in [0.2, 0.25) is 0 Å². The Balaban J connectivity index is 4.45. The first-order valence-corrected chi connectivity index (χ1v) is 6.45. The molecule has 2 N–H and O–H groups in total. The topological polar surface area (TPSA) is 47.7 Å². The van der Waals surface area contributed by atoms with Crippen LogP contribution in [0, 0.1) is 5.41 Å². The van der Waals surface area contributed by atoms with Crippen LogP contribution in [0.3, 0.4) is 0 Å². The number of methoxy groups -OCH3 is 2. The first-order chi connectivity index (χ1) is 8.02. The Kier molecular flexibility index (Phi) is 8.78. The summed E-state index contributed by atoms with van der Waals surface area (Å²) in [6.45, 7) is 10.8. The molecule has 0 amide bonds. The quantitative estimate of drug-likeness (QED) is 0.632. The van der Waals surface area contributed by atoms with Gasteiger partial charge in [-0.1, -0.05) is 13.8 Å². The molecule has 0 saturated heterocycles. The Labute approximate surface area is 106 Å². The Hall–Kier alpha value is -0.160. The summed E-state index contributed by atoms with van der Waals surface area (Å²) in [5.41, 5.74) is 6.06. The van der Waals surface area contributed by atoms with Crippen molar-refractivity contribution in [2.45, 2.75) is 33.2 Å². The summed E-state index contributed by atoms with van der Waals surface area (Å²) in [5, 5.41) is 0. The molecule has 4 nitrogen and oxygen atoms in total. The molecule has 0 aromatic rings. The van der Waals surface area contributed by atoms with Crippen molar-refractivity contribution in [2.24, 2.45) is 11.1 Å². The van der Waals surface area contributed by atoms with Crippen LogP contribution < -0.4 is 5.73 Å². The van der Waals surface area contributed by atoms with Gasteiger partial charge in [-0.05, 0) is 25.3 Å². The molecule has 4 heteroatoms. The van der Waals surface area contributed by atoms with E-state index in [-0.39, 0.29) is 5.41 Å². The van der Waals surface area contributed by atoms with Crippen molar-refractivity contribution in [1.82, 2.24) is 4.90 Å². The van der Waals surface area contributed by atoms with E-state index in [1.165, 1.54) is 0 Å². The van der Waals surface area contributed by atoms with E-state index >= 15 is 0 Å². The molecule has 104 valence electrons. The number of nitrogens with two attached hydrogens (primary N) is 1. The number of hydrogen-bond acceptors (Lipinski definition) is 4. The van der Waals surface area contributed by atoms with Crippen molar-refractivity contribution in [1.29, 1.82) is 0 Å². The van der Waals surface area contributed by atoms with Crippen LogP contribution in [0.1, 0.15) is 27.2 Å². The fourth-order valence-electron chi connectivity index (χ4n) is 1.82. The maximum Gasteiger partial charge on any atom is 0.0615 e. The molecule has 0 radical (unpaired) electrons. The smallest absolute Gasteiger partial charge is 0.0615 e. The normalized spacial score (nSPS) is 17.1. The molecule has 17 heavy (non-hydrogen) atoms. The predicted octanol–water partition coefficient (Wildman–Crippen LogP) is 1.34. The lowest BCUT2D eigenvalue weighted by atomic mass is 9.86. The third-order valence-electron chi connectivity index (χ3n) is 3.55. The molecule has 2 unspecified atom stereocenters. The van der Waals surface area contributed by atoms with Crippen molar-refractivity contribution in [3.8, 4) is 0 Å². The Morgan fingerprint density at radius 1 is 1.29 bits per heavy atom. The van der Waals surface area contributed by atoms with Crippen LogP contribution in [0.15, 0.2) is 0 Å². The van der Waals surface area contributed by atoms with Crippen molar-refractivity contribution in [3.05, 3.63) is 0 Å². The third-order valence-corrected chi connectivity index (χ3v) is 3.55. The molecule has 0 rings (SSSR count). The highest BCUT2D eigenvalue weighted by molar-refractivity contribution is 4.80. The predicted molar refractivity (Wildman–Crippen MR) is 72.2 cm³/mol. The van der Waals surface area contributed by atoms with Gasteiger partial charge in [-0.2, -0.15) is 0 Å². The van der Waals surface area contributed by atoms with Crippen LogP contribution >= 0.6 is 0 Å². The summed E-state index contributed by atoms with van der Waals surface area (Å²) in [5.74, 6) is 0. The van der Waals surface area contributed by atoms with Crippen LogP contribution in [0.25, 0.3) is 0 Å². The molecule has 0 aliphatic rings. The van der Waals surface area contributed by atoms with Gasteiger partial charge in [0.1, 0.15) is 0 Å². The lowest BCUT2D eigenvalue weighted by molar-refractivity contribution is 0.0479. The zero-order valence-electron chi connectivity index (χ0n) is 12.2. The van der Waals surface area contributed by atoms with Crippen LogP contribution in [-0.2, 0) is 9.47 Å². The number of rotatable bonds is 10. The summed E-state index contributed by atoms with van der Waals surface area (Å²) in [7, 11) is 3.48. The summed E-state index contributed by atoms with van der Waals surface area (Å²) in [6.07, 6.45) is 1.09. The average molecular weight is 246 g/mol. The molecule has 0 heterocycles. The zero-order chi connectivity index (χ0) is 13.3. The minimum atomic E-state index is 0.176. The molecule has 0 saturated carbocycles. The fraction of sp³-hybridized carbons (Fsp3) is 1.00. The van der Waals surface area contributed by atoms with Crippen LogP contribution in [0.2, 0.25) is 0 Å². The molecule has 0 aromatic heterocycles. The average Bonchev–Trinajstić information content (AvgIpc) is 2.34. The molecular weight excluding hydrogens is 216 g/mol. The third kappa shape index (κ3) is 6.36. The second kappa shape index (κ2) is 8.86. The van der Waals surface area contributed by atoms with E-state index in [9.17, 15) is 0 Å². The van der Waals surface area contributed by atoms with Crippen molar-refractivity contribution in [2.75, 3.05) is 47.1 Å². The molecular formula is C13H30N2O2. The summed E-state index contributed by atoms with van der Waals surface area (Å²) >= 11 is 0. The first-order valence-electron chi connectivity index (χ1n) is 6.45. The zero-order valence-corrected chi connectivity index (χ0v) is 12.2. The molecule has 2 atom stereocenters. The van der Waals surface area contributed by atoms with Gasteiger partial charge in [0, 0.05) is 33.4 Å². The van der Waals surface area contributed by atoms with E-state index in [2.05, 4.69) is 25.7 Å². The van der Waals surface area contributed by atoms with E-state index in [0.717, 1.165) is 32.7 Å². The van der Waals surface area contributed by atoms with Crippen molar-refractivity contribution >= 4 is 0 Å². The van der Waals surface area contributed by atoms with Crippen molar-refractivity contribution < 1.29 is 9.47 Å². The lowest BCUT2D eigenvalue weighted by Gasteiger charge is -2.37. The highest BCUT2D eigenvalue weighted by Gasteiger charge is 2.26. The largest absolute Gasteiger partial charge is 0.383 e. The number of hydrogen-bond donors (Lipinski definition) is 1. The van der Waals surface area contributed by atoms with Gasteiger partial charge < -0.3 is 15.2 Å². The lowest BCUT2D eigenvalue weighted by Crippen LogP contribution is -2.47. The summed E-state index contributed by atoms with van der Waals surface area (Å²) < 4.78 is 10.4. The first kappa shape index (κ1) is 16.8. The fourth-order valence-corrected chi connectivity index (χ4v) is 1.82. The molecule has 0 spiro atoms. The molecule has 0 aliphatic heterocycles. The van der Waals surface area contributed by atoms with E-state index in [1.54, 1.807) is 14.2 Å². The Bertz CT molecular complexity index is 184. The summed E-state index contributed by atoms with van der Waals surface area (Å²) in [6, 6.07) is 0.396. The van der Waals surface area contributed by atoms with Crippen LogP contribution in [0.5, 0.6) is 0 Å². The van der Waals surface area contributed by atoms with Crippen molar-refractivity contribution in [3.63, 3.8) is 0 Å². The van der Waals surface area contributed by atoms with E-state index in [1.807, 2.05) is 0 Å². The molecule has 0 aromatic carbocycles. The summed E-state index contributed by atoms with van der Waals surface area (Å²) in [4.78, 5) is 2.41. The van der Waals surface area contributed by atoms with E-state index in [0.29, 0.717) is 12.6 Å². The Morgan fingerprint density at radius 2 is 1.94 bits per heavy atom. The monoisotopic (exact) mass is 246 g/mol. The number of ether oxygens (including phenoxy) is 2. The second-order valence-electron chi connectivity index (χ2n) is 5.14. The van der Waals surface area contributed by atoms with Gasteiger partial charge in [0.25, 0.3) is 0 Å². The minimum Gasteiger partial charge on any atom is -0.383 e. The van der Waals surface area contributed by atoms with Gasteiger partial charge in [0.15, 0.2) is 0 Å². The standard InChI is InChI=1S/C13H30N2O2/c1-6-13(3,10-14)11-15(7-8-16-4)12(2)9-17-5/h12H,6-11,14H2,1-5H3. The second-order valence-corrected chi connectivity index (χ2v) is 5.14. The maximum absolute atomic E-state index is 5.88. The van der Waals surface area contributed by atoms with E-state index in [4.69, 9.17) is 15.2 Å². The van der Waals surface area contributed by atoms with Gasteiger partial charge in [-0.15, -0.1) is 0 Å². The maximum atomic E-state index is 5.88. The van der Waals surface area contributed by atoms with Crippen LogP contribution in [-0.4, -0.2) is 58.0 Å². The molecule has 0 fully saturated rings. The van der Waals surface area contributed by atoms with Gasteiger partial charge in [-0.25, -0.2) is 0 Å². The van der Waals surface area contributed by atoms with Gasteiger partial charge in [0.05, 0.1) is 13.2 Å². The van der Waals surface area contributed by atoms with Crippen LogP contribution in [0.4, 0.5) is 0 Å². The SMILES string of the molecule is CCC(C)(CN)CN(CCOC)C(C)COC. The highest BCUT2D eigenvalue weighted by Crippen LogP contribution is 2.22. The molecule has 0 aliphatic carbocycles. The highest BCUT2D eigenvalue weighted by atomic mass is 16.5. The molecule has 0 bridgehead atoms. The minimum absolute atomic E-state index is 0.176. The van der Waals surface area contributed by atoms with Gasteiger partial charge >= 0.3 is 0 Å². The Morgan fingerprint density at radius 3 is 2.35 bits per heavy atom. The van der Waals surface area contributed by atoms with E-state index < -0.39 is 0 Å². The van der Waals surface area contributed by atoms with Gasteiger partial charge in [-0.3, -0.25) is 4.90 Å². The number of nitrogens with zero attached hydrogens (tertiary/aromatic N) is 1.